The Morgan fingerprint density at radius 2 is 1.57 bits per heavy atom. The fourth-order valence-electron chi connectivity index (χ4n) is 3.95. The van der Waals surface area contributed by atoms with Crippen LogP contribution in [-0.4, -0.2) is 18.0 Å². The van der Waals surface area contributed by atoms with E-state index in [2.05, 4.69) is 64.8 Å². The monoisotopic (exact) mass is 279 g/mol. The highest BCUT2D eigenvalue weighted by atomic mass is 15.2. The lowest BCUT2D eigenvalue weighted by Gasteiger charge is -2.35. The summed E-state index contributed by atoms with van der Waals surface area (Å²) in [6.07, 6.45) is 3.94. The molecule has 0 spiro atoms. The van der Waals surface area contributed by atoms with Gasteiger partial charge in [-0.2, -0.15) is 0 Å². The van der Waals surface area contributed by atoms with Crippen LogP contribution in [0, 0.1) is 0 Å². The minimum absolute atomic E-state index is 0.548. The van der Waals surface area contributed by atoms with Crippen LogP contribution >= 0.6 is 0 Å². The molecule has 2 atom stereocenters. The van der Waals surface area contributed by atoms with E-state index in [0.29, 0.717) is 12.1 Å². The first-order valence-corrected chi connectivity index (χ1v) is 8.14. The molecule has 0 bridgehead atoms. The summed E-state index contributed by atoms with van der Waals surface area (Å²) in [5.74, 6) is 0. The van der Waals surface area contributed by atoms with E-state index in [1.807, 2.05) is 0 Å². The van der Waals surface area contributed by atoms with Gasteiger partial charge < -0.3 is 5.32 Å². The van der Waals surface area contributed by atoms with E-state index in [4.69, 9.17) is 0 Å². The molecule has 1 saturated heterocycles. The van der Waals surface area contributed by atoms with E-state index in [0.717, 1.165) is 0 Å². The van der Waals surface area contributed by atoms with Gasteiger partial charge in [0.2, 0.25) is 0 Å². The third-order valence-electron chi connectivity index (χ3n) is 5.02. The van der Waals surface area contributed by atoms with Gasteiger partial charge in [0.05, 0.1) is 0 Å². The van der Waals surface area contributed by atoms with Crippen LogP contribution in [0.5, 0.6) is 0 Å². The fraction of sp³-hybridized carbons (Fsp3) is 0.368. The van der Waals surface area contributed by atoms with Crippen molar-refractivity contribution in [2.24, 2.45) is 0 Å². The maximum atomic E-state index is 2.70. The van der Waals surface area contributed by atoms with Crippen LogP contribution in [0.15, 0.2) is 54.6 Å². The van der Waals surface area contributed by atoms with Crippen molar-refractivity contribution in [2.45, 2.75) is 31.3 Å². The Morgan fingerprint density at radius 3 is 2.38 bits per heavy atom. The van der Waals surface area contributed by atoms with Crippen LogP contribution in [0.2, 0.25) is 0 Å². The third-order valence-corrected chi connectivity index (χ3v) is 5.02. The summed E-state index contributed by atoms with van der Waals surface area (Å²) < 4.78 is 0. The molecule has 2 heteroatoms. The van der Waals surface area contributed by atoms with Crippen LogP contribution in [-0.2, 0) is 0 Å². The molecular weight excluding hydrogens is 256 g/mol. The molecule has 0 radical (unpaired) electrons. The zero-order chi connectivity index (χ0) is 14.1. The van der Waals surface area contributed by atoms with Crippen molar-refractivity contribution in [1.82, 2.24) is 4.90 Å². The van der Waals surface area contributed by atoms with Crippen molar-refractivity contribution >= 4 is 5.69 Å². The van der Waals surface area contributed by atoms with Crippen molar-refractivity contribution in [3.8, 4) is 0 Å². The highest BCUT2D eigenvalue weighted by Crippen LogP contribution is 2.37. The SMILES string of the molecule is c1ccc(C2CC(N3CCCC3)c3ccccc3[NH2+]2)cc1. The Bertz CT molecular complexity index is 602. The number of rotatable bonds is 2. The van der Waals surface area contributed by atoms with Crippen LogP contribution in [0.25, 0.3) is 0 Å². The van der Waals surface area contributed by atoms with Gasteiger partial charge in [-0.3, -0.25) is 4.90 Å². The molecular formula is C19H23N2+. The quantitative estimate of drug-likeness (QED) is 0.837. The molecule has 2 aromatic carbocycles. The van der Waals surface area contributed by atoms with Crippen LogP contribution in [0.1, 0.15) is 42.5 Å². The summed E-state index contributed by atoms with van der Waals surface area (Å²) in [7, 11) is 0. The van der Waals surface area contributed by atoms with Gasteiger partial charge in [-0.15, -0.1) is 0 Å². The first-order valence-electron chi connectivity index (χ1n) is 8.14. The lowest BCUT2D eigenvalue weighted by molar-refractivity contribution is -0.625. The predicted octanol–water partition coefficient (Wildman–Crippen LogP) is 3.16. The van der Waals surface area contributed by atoms with Gasteiger partial charge in [-0.05, 0) is 32.0 Å². The van der Waals surface area contributed by atoms with Gasteiger partial charge in [0.1, 0.15) is 11.7 Å². The van der Waals surface area contributed by atoms with Crippen LogP contribution < -0.4 is 5.32 Å². The zero-order valence-corrected chi connectivity index (χ0v) is 12.4. The summed E-state index contributed by atoms with van der Waals surface area (Å²) in [4.78, 5) is 2.70. The Labute approximate surface area is 126 Å². The predicted molar refractivity (Wildman–Crippen MR) is 85.4 cm³/mol. The van der Waals surface area contributed by atoms with E-state index in [1.54, 1.807) is 0 Å². The Morgan fingerprint density at radius 1 is 0.857 bits per heavy atom. The van der Waals surface area contributed by atoms with Crippen molar-refractivity contribution in [2.75, 3.05) is 13.1 Å². The topological polar surface area (TPSA) is 19.9 Å². The average Bonchev–Trinajstić information content (AvgIpc) is 3.09. The summed E-state index contributed by atoms with van der Waals surface area (Å²) in [5, 5.41) is 2.47. The first kappa shape index (κ1) is 13.1. The molecule has 2 aliphatic rings. The molecule has 4 rings (SSSR count). The van der Waals surface area contributed by atoms with Gasteiger partial charge in [0.25, 0.3) is 0 Å². The number of likely N-dealkylation sites (tertiary alicyclic amines) is 1. The molecule has 2 N–H and O–H groups in total. The molecule has 2 nitrogen and oxygen atoms in total. The van der Waals surface area contributed by atoms with Crippen molar-refractivity contribution in [3.63, 3.8) is 0 Å². The standard InChI is InChI=1S/C19H22N2/c1-2-8-15(9-3-1)18-14-19(21-12-6-7-13-21)16-10-4-5-11-17(16)20-18/h1-5,8-11,18-20H,6-7,12-14H2/p+1. The van der Waals surface area contributed by atoms with E-state index in [-0.39, 0.29) is 0 Å². The Hall–Kier alpha value is -1.64. The Balaban J connectivity index is 1.69. The molecule has 2 aliphatic heterocycles. The lowest BCUT2D eigenvalue weighted by atomic mass is 9.88. The number of nitrogens with two attached hydrogens (primary N) is 1. The molecule has 21 heavy (non-hydrogen) atoms. The smallest absolute Gasteiger partial charge is 0.134 e. The summed E-state index contributed by atoms with van der Waals surface area (Å²) >= 11 is 0. The molecule has 2 heterocycles. The number of benzene rings is 2. The summed E-state index contributed by atoms with van der Waals surface area (Å²) in [6.45, 7) is 2.53. The summed E-state index contributed by atoms with van der Waals surface area (Å²) in [6, 6.07) is 21.1. The van der Waals surface area contributed by atoms with Gasteiger partial charge in [-0.1, -0.05) is 48.5 Å². The molecule has 2 unspecified atom stereocenters. The maximum absolute atomic E-state index is 2.70. The molecule has 108 valence electrons. The highest BCUT2D eigenvalue weighted by Gasteiger charge is 2.35. The van der Waals surface area contributed by atoms with Gasteiger partial charge in [0, 0.05) is 23.6 Å². The minimum Gasteiger partial charge on any atom is -0.307 e. The highest BCUT2D eigenvalue weighted by molar-refractivity contribution is 5.43. The molecule has 0 saturated carbocycles. The largest absolute Gasteiger partial charge is 0.307 e. The van der Waals surface area contributed by atoms with Gasteiger partial charge in [0.15, 0.2) is 0 Å². The fourth-order valence-corrected chi connectivity index (χ4v) is 3.95. The van der Waals surface area contributed by atoms with E-state index < -0.39 is 0 Å². The molecule has 0 amide bonds. The number of nitrogens with zero attached hydrogens (tertiary/aromatic N) is 1. The second-order valence-electron chi connectivity index (χ2n) is 6.31. The molecule has 2 aromatic rings. The summed E-state index contributed by atoms with van der Waals surface area (Å²) in [5.41, 5.74) is 4.43. The number of quaternary nitrogens is 1. The molecule has 1 fully saturated rings. The second kappa shape index (κ2) is 5.63. The second-order valence-corrected chi connectivity index (χ2v) is 6.31. The zero-order valence-electron chi connectivity index (χ0n) is 12.4. The minimum atomic E-state index is 0.548. The van der Waals surface area contributed by atoms with Crippen molar-refractivity contribution in [3.05, 3.63) is 65.7 Å². The number of para-hydroxylation sites is 1. The van der Waals surface area contributed by atoms with Crippen LogP contribution in [0.4, 0.5) is 5.69 Å². The first-order chi connectivity index (χ1) is 10.4. The normalized spacial score (nSPS) is 25.7. The van der Waals surface area contributed by atoms with E-state index >= 15 is 0 Å². The number of hydrogen-bond donors (Lipinski definition) is 1. The number of fused-ring (bicyclic) bond motifs is 1. The molecule has 0 aromatic heterocycles. The van der Waals surface area contributed by atoms with E-state index in [9.17, 15) is 0 Å². The average molecular weight is 279 g/mol. The molecule has 0 aliphatic carbocycles. The van der Waals surface area contributed by atoms with Gasteiger partial charge in [-0.25, -0.2) is 0 Å². The van der Waals surface area contributed by atoms with Gasteiger partial charge >= 0.3 is 0 Å². The maximum Gasteiger partial charge on any atom is 0.134 e. The van der Waals surface area contributed by atoms with Crippen molar-refractivity contribution < 1.29 is 5.32 Å². The van der Waals surface area contributed by atoms with E-state index in [1.165, 1.54) is 49.2 Å². The van der Waals surface area contributed by atoms with Crippen molar-refractivity contribution in [1.29, 1.82) is 0 Å². The Kier molecular flexibility index (Phi) is 3.50. The third kappa shape index (κ3) is 2.50. The number of hydrogen-bond acceptors (Lipinski definition) is 1. The lowest BCUT2D eigenvalue weighted by Crippen LogP contribution is -2.81. The van der Waals surface area contributed by atoms with Crippen LogP contribution in [0.3, 0.4) is 0 Å².